The summed E-state index contributed by atoms with van der Waals surface area (Å²) in [5.41, 5.74) is 1.07. The van der Waals surface area contributed by atoms with E-state index < -0.39 is 0 Å². The SMILES string of the molecule is O=C([C@H]1CCCC[C@@H]1c1nc2ccccc2s1)N1CCN(c2nccs2)CC1. The van der Waals surface area contributed by atoms with Gasteiger partial charge in [0.2, 0.25) is 5.91 Å². The molecule has 1 aromatic carbocycles. The van der Waals surface area contributed by atoms with Crippen molar-refractivity contribution in [2.45, 2.75) is 31.6 Å². The van der Waals surface area contributed by atoms with Crippen LogP contribution in [-0.4, -0.2) is 47.0 Å². The van der Waals surface area contributed by atoms with Crippen molar-refractivity contribution < 1.29 is 4.79 Å². The van der Waals surface area contributed by atoms with E-state index in [0.717, 1.165) is 61.1 Å². The van der Waals surface area contributed by atoms with E-state index in [9.17, 15) is 4.79 Å². The highest BCUT2D eigenvalue weighted by molar-refractivity contribution is 7.18. The summed E-state index contributed by atoms with van der Waals surface area (Å²) < 4.78 is 1.23. The molecule has 5 rings (SSSR count). The number of nitrogens with zero attached hydrogens (tertiary/aromatic N) is 4. The van der Waals surface area contributed by atoms with Gasteiger partial charge in [-0.2, -0.15) is 0 Å². The summed E-state index contributed by atoms with van der Waals surface area (Å²) >= 11 is 3.44. The minimum absolute atomic E-state index is 0.0840. The molecule has 7 heteroatoms. The highest BCUT2D eigenvalue weighted by atomic mass is 32.1. The van der Waals surface area contributed by atoms with Crippen molar-refractivity contribution in [3.05, 3.63) is 40.8 Å². The van der Waals surface area contributed by atoms with Crippen molar-refractivity contribution in [3.63, 3.8) is 0 Å². The Morgan fingerprint density at radius 3 is 2.68 bits per heavy atom. The molecule has 2 atom stereocenters. The van der Waals surface area contributed by atoms with Gasteiger partial charge < -0.3 is 9.80 Å². The van der Waals surface area contributed by atoms with Gasteiger partial charge >= 0.3 is 0 Å². The maximum Gasteiger partial charge on any atom is 0.226 e. The fraction of sp³-hybridized carbons (Fsp3) is 0.476. The number of carbonyl (C=O) groups is 1. The number of fused-ring (bicyclic) bond motifs is 1. The first-order valence-electron chi connectivity index (χ1n) is 10.1. The molecule has 1 saturated heterocycles. The van der Waals surface area contributed by atoms with E-state index in [1.807, 2.05) is 17.6 Å². The average Bonchev–Trinajstić information content (AvgIpc) is 3.43. The molecule has 1 aliphatic carbocycles. The minimum atomic E-state index is 0.0840. The second-order valence-electron chi connectivity index (χ2n) is 7.64. The van der Waals surface area contributed by atoms with Crippen LogP contribution in [0.3, 0.4) is 0 Å². The lowest BCUT2D eigenvalue weighted by atomic mass is 9.78. The van der Waals surface area contributed by atoms with Gasteiger partial charge in [-0.1, -0.05) is 25.0 Å². The van der Waals surface area contributed by atoms with Gasteiger partial charge in [0.05, 0.1) is 15.2 Å². The van der Waals surface area contributed by atoms with Gasteiger partial charge in [0, 0.05) is 49.6 Å². The van der Waals surface area contributed by atoms with Gasteiger partial charge in [-0.3, -0.25) is 4.79 Å². The van der Waals surface area contributed by atoms with E-state index in [1.54, 1.807) is 22.7 Å². The highest BCUT2D eigenvalue weighted by Crippen LogP contribution is 2.41. The van der Waals surface area contributed by atoms with Crippen LogP contribution in [0.15, 0.2) is 35.8 Å². The molecule has 5 nitrogen and oxygen atoms in total. The second kappa shape index (κ2) is 7.79. The number of anilines is 1. The summed E-state index contributed by atoms with van der Waals surface area (Å²) in [6.07, 6.45) is 6.27. The standard InChI is InChI=1S/C21H24N4OS2/c26-20(24-10-12-25(13-11-24)21-22-9-14-27-21)16-6-2-1-5-15(16)19-23-17-7-3-4-8-18(17)28-19/h3-4,7-9,14-16H,1-2,5-6,10-13H2/t15-,16-/m0/s1. The van der Waals surface area contributed by atoms with Crippen molar-refractivity contribution in [3.8, 4) is 0 Å². The molecule has 0 spiro atoms. The number of piperazine rings is 1. The third-order valence-corrected chi connectivity index (χ3v) is 7.99. The molecule has 3 aromatic rings. The Bertz CT molecular complexity index is 913. The molecule has 1 aliphatic heterocycles. The molecule has 28 heavy (non-hydrogen) atoms. The van der Waals surface area contributed by atoms with E-state index in [0.29, 0.717) is 5.91 Å². The third kappa shape index (κ3) is 3.42. The van der Waals surface area contributed by atoms with Crippen LogP contribution in [0.1, 0.15) is 36.6 Å². The number of hydrogen-bond donors (Lipinski definition) is 0. The van der Waals surface area contributed by atoms with Crippen LogP contribution in [0.5, 0.6) is 0 Å². The van der Waals surface area contributed by atoms with Crippen LogP contribution in [0.4, 0.5) is 5.13 Å². The molecule has 0 unspecified atom stereocenters. The van der Waals surface area contributed by atoms with Crippen molar-refractivity contribution in [1.29, 1.82) is 0 Å². The Morgan fingerprint density at radius 1 is 1.07 bits per heavy atom. The topological polar surface area (TPSA) is 49.3 Å². The number of hydrogen-bond acceptors (Lipinski definition) is 6. The maximum absolute atomic E-state index is 13.4. The largest absolute Gasteiger partial charge is 0.345 e. The monoisotopic (exact) mass is 412 g/mol. The lowest BCUT2D eigenvalue weighted by molar-refractivity contribution is -0.137. The van der Waals surface area contributed by atoms with Crippen molar-refractivity contribution in [2.75, 3.05) is 31.1 Å². The molecule has 3 heterocycles. The van der Waals surface area contributed by atoms with Gasteiger partial charge in [-0.05, 0) is 25.0 Å². The average molecular weight is 413 g/mol. The van der Waals surface area contributed by atoms with Crippen LogP contribution < -0.4 is 4.90 Å². The van der Waals surface area contributed by atoms with Crippen LogP contribution in [-0.2, 0) is 4.79 Å². The van der Waals surface area contributed by atoms with E-state index in [1.165, 1.54) is 11.1 Å². The van der Waals surface area contributed by atoms with Gasteiger partial charge in [0.1, 0.15) is 0 Å². The predicted octanol–water partition coefficient (Wildman–Crippen LogP) is 4.38. The zero-order valence-electron chi connectivity index (χ0n) is 15.8. The molecule has 0 radical (unpaired) electrons. The molecule has 0 bridgehead atoms. The molecule has 0 N–H and O–H groups in total. The van der Waals surface area contributed by atoms with Gasteiger partial charge in [0.15, 0.2) is 5.13 Å². The number of amides is 1. The number of rotatable bonds is 3. The van der Waals surface area contributed by atoms with Crippen molar-refractivity contribution >= 4 is 43.9 Å². The number of benzene rings is 1. The molecule has 2 aromatic heterocycles. The van der Waals surface area contributed by atoms with Crippen molar-refractivity contribution in [1.82, 2.24) is 14.9 Å². The Kier molecular flexibility index (Phi) is 5.03. The molecular weight excluding hydrogens is 388 g/mol. The minimum Gasteiger partial charge on any atom is -0.345 e. The summed E-state index contributed by atoms with van der Waals surface area (Å²) in [6.45, 7) is 3.33. The molecule has 1 amide bonds. The van der Waals surface area contributed by atoms with E-state index in [4.69, 9.17) is 4.98 Å². The van der Waals surface area contributed by atoms with E-state index in [2.05, 4.69) is 33.0 Å². The molecular formula is C21H24N4OS2. The second-order valence-corrected chi connectivity index (χ2v) is 9.58. The smallest absolute Gasteiger partial charge is 0.226 e. The number of aromatic nitrogens is 2. The summed E-state index contributed by atoms with van der Waals surface area (Å²) in [7, 11) is 0. The number of thiazole rings is 2. The Morgan fingerprint density at radius 2 is 1.89 bits per heavy atom. The van der Waals surface area contributed by atoms with Crippen LogP contribution in [0.25, 0.3) is 10.2 Å². The zero-order valence-corrected chi connectivity index (χ0v) is 17.4. The Balaban J connectivity index is 1.31. The number of para-hydroxylation sites is 1. The summed E-state index contributed by atoms with van der Waals surface area (Å²) in [6, 6.07) is 8.31. The highest BCUT2D eigenvalue weighted by Gasteiger charge is 2.37. The lowest BCUT2D eigenvalue weighted by Gasteiger charge is -2.38. The van der Waals surface area contributed by atoms with E-state index >= 15 is 0 Å². The summed E-state index contributed by atoms with van der Waals surface area (Å²) in [5.74, 6) is 0.694. The fourth-order valence-corrected chi connectivity index (χ4v) is 6.36. The first kappa shape index (κ1) is 18.1. The van der Waals surface area contributed by atoms with Crippen molar-refractivity contribution in [2.24, 2.45) is 5.92 Å². The first-order chi connectivity index (χ1) is 13.8. The fourth-order valence-electron chi connectivity index (χ4n) is 4.50. The van der Waals surface area contributed by atoms with Gasteiger partial charge in [-0.25, -0.2) is 9.97 Å². The van der Waals surface area contributed by atoms with Crippen LogP contribution in [0, 0.1) is 5.92 Å². The molecule has 2 fully saturated rings. The van der Waals surface area contributed by atoms with Gasteiger partial charge in [-0.15, -0.1) is 22.7 Å². The number of carbonyl (C=O) groups excluding carboxylic acids is 1. The summed E-state index contributed by atoms with van der Waals surface area (Å²) in [5, 5.41) is 4.23. The normalized spacial score (nSPS) is 23.3. The molecule has 2 aliphatic rings. The molecule has 1 saturated carbocycles. The third-order valence-electron chi connectivity index (χ3n) is 5.99. The maximum atomic E-state index is 13.4. The Labute approximate surface area is 173 Å². The lowest BCUT2D eigenvalue weighted by Crippen LogP contribution is -2.51. The quantitative estimate of drug-likeness (QED) is 0.641. The molecule has 146 valence electrons. The van der Waals surface area contributed by atoms with Gasteiger partial charge in [0.25, 0.3) is 0 Å². The van der Waals surface area contributed by atoms with Crippen LogP contribution >= 0.6 is 22.7 Å². The Hall–Kier alpha value is -1.99. The van der Waals surface area contributed by atoms with Crippen LogP contribution in [0.2, 0.25) is 0 Å². The van der Waals surface area contributed by atoms with E-state index in [-0.39, 0.29) is 11.8 Å². The first-order valence-corrected chi connectivity index (χ1v) is 11.8. The zero-order chi connectivity index (χ0) is 18.9. The predicted molar refractivity (Wildman–Crippen MR) is 115 cm³/mol. The summed E-state index contributed by atoms with van der Waals surface area (Å²) in [4.78, 5) is 27.1.